The van der Waals surface area contributed by atoms with Crippen molar-refractivity contribution < 1.29 is 14.8 Å². The molecule has 6 nitrogen and oxygen atoms in total. The lowest BCUT2D eigenvalue weighted by molar-refractivity contribution is -0.384. The Labute approximate surface area is 116 Å². The van der Waals surface area contributed by atoms with Gasteiger partial charge in [0, 0.05) is 12.1 Å². The Morgan fingerprint density at radius 2 is 2.26 bits per heavy atom. The number of non-ortho nitro benzene ring substituents is 1. The van der Waals surface area contributed by atoms with Gasteiger partial charge in [-0.1, -0.05) is 12.1 Å². The number of rotatable bonds is 4. The average Bonchev–Trinajstić information content (AvgIpc) is 2.78. The molecule has 0 bridgehead atoms. The molecule has 0 amide bonds. The Morgan fingerprint density at radius 3 is 2.84 bits per heavy atom. The van der Waals surface area contributed by atoms with Crippen molar-refractivity contribution in [3.63, 3.8) is 0 Å². The number of carboxylic acid groups (broad SMARTS) is 1. The van der Waals surface area contributed by atoms with E-state index in [-0.39, 0.29) is 24.0 Å². The topological polar surface area (TPSA) is 92.5 Å². The third-order valence-electron chi connectivity index (χ3n) is 3.17. The maximum absolute atomic E-state index is 10.8. The second kappa shape index (κ2) is 6.49. The summed E-state index contributed by atoms with van der Waals surface area (Å²) in [6, 6.07) is 6.00. The average molecular weight is 287 g/mol. The van der Waals surface area contributed by atoms with Crippen molar-refractivity contribution in [3.05, 3.63) is 39.9 Å². The van der Waals surface area contributed by atoms with E-state index < -0.39 is 16.9 Å². The Bertz CT molecular complexity index is 481. The minimum atomic E-state index is -0.837. The third kappa shape index (κ3) is 3.90. The number of hydrogen-bond donors (Lipinski definition) is 2. The number of nitrogens with zero attached hydrogens (tertiary/aromatic N) is 1. The molecular formula is C12H15ClN2O4. The van der Waals surface area contributed by atoms with Gasteiger partial charge in [0.1, 0.15) is 6.04 Å². The van der Waals surface area contributed by atoms with Gasteiger partial charge in [0.15, 0.2) is 0 Å². The van der Waals surface area contributed by atoms with Crippen molar-refractivity contribution in [2.24, 2.45) is 5.92 Å². The highest BCUT2D eigenvalue weighted by molar-refractivity contribution is 5.85. The lowest BCUT2D eigenvalue weighted by atomic mass is 9.96. The van der Waals surface area contributed by atoms with Gasteiger partial charge in [-0.2, -0.15) is 0 Å². The van der Waals surface area contributed by atoms with E-state index in [1.807, 2.05) is 6.07 Å². The first-order chi connectivity index (χ1) is 8.56. The Kier molecular flexibility index (Phi) is 5.26. The van der Waals surface area contributed by atoms with Crippen LogP contribution >= 0.6 is 12.4 Å². The lowest BCUT2D eigenvalue weighted by Crippen LogP contribution is -2.29. The zero-order valence-electron chi connectivity index (χ0n) is 10.1. The highest BCUT2D eigenvalue weighted by Crippen LogP contribution is 2.21. The number of halogens is 1. The van der Waals surface area contributed by atoms with Crippen LogP contribution in [0.15, 0.2) is 24.3 Å². The molecule has 104 valence electrons. The van der Waals surface area contributed by atoms with Crippen LogP contribution in [-0.2, 0) is 11.2 Å². The molecule has 0 spiro atoms. The summed E-state index contributed by atoms with van der Waals surface area (Å²) in [5.74, 6) is -0.621. The number of nitrogens with one attached hydrogen (secondary N) is 1. The molecule has 7 heteroatoms. The first kappa shape index (κ1) is 15.4. The second-order valence-electron chi connectivity index (χ2n) is 4.53. The van der Waals surface area contributed by atoms with Crippen LogP contribution in [0.4, 0.5) is 5.69 Å². The molecule has 1 aliphatic rings. The fraction of sp³-hybridized carbons (Fsp3) is 0.417. The van der Waals surface area contributed by atoms with E-state index in [4.69, 9.17) is 5.11 Å². The van der Waals surface area contributed by atoms with Crippen molar-refractivity contribution >= 4 is 24.1 Å². The number of hydrogen-bond acceptors (Lipinski definition) is 4. The Balaban J connectivity index is 0.00000180. The summed E-state index contributed by atoms with van der Waals surface area (Å²) >= 11 is 0. The number of nitro benzene ring substituents is 1. The molecule has 2 rings (SSSR count). The maximum Gasteiger partial charge on any atom is 0.320 e. The van der Waals surface area contributed by atoms with E-state index in [0.717, 1.165) is 5.56 Å². The van der Waals surface area contributed by atoms with Crippen LogP contribution in [0.5, 0.6) is 0 Å². The highest BCUT2D eigenvalue weighted by Gasteiger charge is 2.29. The van der Waals surface area contributed by atoms with Gasteiger partial charge < -0.3 is 10.4 Å². The van der Waals surface area contributed by atoms with E-state index in [0.29, 0.717) is 19.4 Å². The van der Waals surface area contributed by atoms with E-state index >= 15 is 0 Å². The summed E-state index contributed by atoms with van der Waals surface area (Å²) in [5.41, 5.74) is 0.954. The van der Waals surface area contributed by atoms with E-state index in [1.54, 1.807) is 12.1 Å². The van der Waals surface area contributed by atoms with Crippen LogP contribution in [-0.4, -0.2) is 28.6 Å². The first-order valence-electron chi connectivity index (χ1n) is 5.76. The zero-order chi connectivity index (χ0) is 13.1. The summed E-state index contributed by atoms with van der Waals surface area (Å²) in [4.78, 5) is 21.0. The highest BCUT2D eigenvalue weighted by atomic mass is 35.5. The Morgan fingerprint density at radius 1 is 1.53 bits per heavy atom. The van der Waals surface area contributed by atoms with Crippen LogP contribution in [0, 0.1) is 16.0 Å². The van der Waals surface area contributed by atoms with Gasteiger partial charge in [0.2, 0.25) is 0 Å². The van der Waals surface area contributed by atoms with E-state index in [2.05, 4.69) is 5.32 Å². The number of aliphatic carboxylic acids is 1. The van der Waals surface area contributed by atoms with Gasteiger partial charge in [0.25, 0.3) is 5.69 Å². The molecule has 19 heavy (non-hydrogen) atoms. The standard InChI is InChI=1S/C12H14N2O4.ClH/c15-12(16)11-6-9(7-13-11)4-8-2-1-3-10(5-8)14(17)18;/h1-3,5,9,11,13H,4,6-7H2,(H,15,16);1H/t9-,11+;/m0./s1. The van der Waals surface area contributed by atoms with Crippen LogP contribution in [0.25, 0.3) is 0 Å². The molecule has 1 aromatic rings. The van der Waals surface area contributed by atoms with Gasteiger partial charge in [-0.25, -0.2) is 0 Å². The van der Waals surface area contributed by atoms with Crippen LogP contribution in [0.3, 0.4) is 0 Å². The molecule has 2 N–H and O–H groups in total. The van der Waals surface area contributed by atoms with Crippen LogP contribution < -0.4 is 5.32 Å². The molecule has 0 unspecified atom stereocenters. The number of nitro groups is 1. The summed E-state index contributed by atoms with van der Waals surface area (Å²) < 4.78 is 0. The summed E-state index contributed by atoms with van der Waals surface area (Å²) in [5, 5.41) is 22.4. The van der Waals surface area contributed by atoms with Gasteiger partial charge in [-0.05, 0) is 30.9 Å². The van der Waals surface area contributed by atoms with Gasteiger partial charge >= 0.3 is 5.97 Å². The van der Waals surface area contributed by atoms with Gasteiger partial charge in [0.05, 0.1) is 4.92 Å². The Hall–Kier alpha value is -1.66. The van der Waals surface area contributed by atoms with Crippen LogP contribution in [0.1, 0.15) is 12.0 Å². The number of carboxylic acids is 1. The molecule has 2 atom stereocenters. The molecule has 0 radical (unpaired) electrons. The molecule has 1 heterocycles. The van der Waals surface area contributed by atoms with Crippen molar-refractivity contribution in [2.75, 3.05) is 6.54 Å². The predicted molar refractivity (Wildman–Crippen MR) is 71.6 cm³/mol. The molecule has 1 saturated heterocycles. The number of carbonyl (C=O) groups is 1. The second-order valence-corrected chi connectivity index (χ2v) is 4.53. The predicted octanol–water partition coefficient (Wildman–Crippen LogP) is 1.62. The van der Waals surface area contributed by atoms with Crippen molar-refractivity contribution in [1.82, 2.24) is 5.32 Å². The quantitative estimate of drug-likeness (QED) is 0.648. The molecule has 1 aliphatic heterocycles. The summed E-state index contributed by atoms with van der Waals surface area (Å²) in [7, 11) is 0. The fourth-order valence-corrected chi connectivity index (χ4v) is 2.28. The largest absolute Gasteiger partial charge is 0.480 e. The van der Waals surface area contributed by atoms with Gasteiger partial charge in [-0.15, -0.1) is 12.4 Å². The molecule has 1 fully saturated rings. The smallest absolute Gasteiger partial charge is 0.320 e. The minimum absolute atomic E-state index is 0. The third-order valence-corrected chi connectivity index (χ3v) is 3.17. The number of benzene rings is 1. The lowest BCUT2D eigenvalue weighted by Gasteiger charge is -2.08. The minimum Gasteiger partial charge on any atom is -0.480 e. The molecule has 1 aromatic carbocycles. The molecule has 0 aromatic heterocycles. The van der Waals surface area contributed by atoms with Crippen molar-refractivity contribution in [3.8, 4) is 0 Å². The normalized spacial score (nSPS) is 21.7. The SMILES string of the molecule is Cl.O=C(O)[C@H]1C[C@H](Cc2cccc([N+](=O)[O-])c2)CN1. The molecule has 0 saturated carbocycles. The summed E-state index contributed by atoms with van der Waals surface area (Å²) in [6.07, 6.45) is 1.23. The molecular weight excluding hydrogens is 272 g/mol. The zero-order valence-corrected chi connectivity index (χ0v) is 10.9. The first-order valence-corrected chi connectivity index (χ1v) is 5.76. The van der Waals surface area contributed by atoms with Gasteiger partial charge in [-0.3, -0.25) is 14.9 Å². The fourth-order valence-electron chi connectivity index (χ4n) is 2.28. The molecule has 0 aliphatic carbocycles. The van der Waals surface area contributed by atoms with E-state index in [9.17, 15) is 14.9 Å². The maximum atomic E-state index is 10.8. The van der Waals surface area contributed by atoms with E-state index in [1.165, 1.54) is 6.07 Å². The van der Waals surface area contributed by atoms with Crippen molar-refractivity contribution in [2.45, 2.75) is 18.9 Å². The van der Waals surface area contributed by atoms with Crippen LogP contribution in [0.2, 0.25) is 0 Å². The summed E-state index contributed by atoms with van der Waals surface area (Å²) in [6.45, 7) is 0.639. The monoisotopic (exact) mass is 286 g/mol. The van der Waals surface area contributed by atoms with Crippen molar-refractivity contribution in [1.29, 1.82) is 0 Å².